The lowest BCUT2D eigenvalue weighted by atomic mass is 9.68. The van der Waals surface area contributed by atoms with Gasteiger partial charge in [-0.1, -0.05) is 17.8 Å². The summed E-state index contributed by atoms with van der Waals surface area (Å²) in [5.41, 5.74) is 6.02. The van der Waals surface area contributed by atoms with Crippen molar-refractivity contribution in [2.45, 2.75) is 24.7 Å². The molecular formula is C9H14N2OS. The third-order valence-electron chi connectivity index (χ3n) is 2.88. The predicted molar refractivity (Wildman–Crippen MR) is 53.2 cm³/mol. The maximum atomic E-state index is 5.79. The number of rotatable bonds is 3. The summed E-state index contributed by atoms with van der Waals surface area (Å²) in [5.74, 6) is 0. The molecule has 2 N–H and O–H groups in total. The Labute approximate surface area is 81.9 Å². The Kier molecular flexibility index (Phi) is 2.26. The lowest BCUT2D eigenvalue weighted by Gasteiger charge is -2.39. The minimum atomic E-state index is 0.231. The highest BCUT2D eigenvalue weighted by atomic mass is 32.1. The van der Waals surface area contributed by atoms with Gasteiger partial charge in [-0.05, 0) is 12.8 Å². The molecule has 0 aromatic carbocycles. The molecule has 0 radical (unpaired) electrons. The van der Waals surface area contributed by atoms with Gasteiger partial charge in [-0.2, -0.15) is 0 Å². The van der Waals surface area contributed by atoms with Crippen molar-refractivity contribution in [3.63, 3.8) is 0 Å². The SMILES string of the molecule is COc1ncc(C2(CN)CCC2)s1. The number of methoxy groups -OCH3 is 1. The normalized spacial score (nSPS) is 19.5. The second kappa shape index (κ2) is 3.27. The van der Waals surface area contributed by atoms with Crippen LogP contribution >= 0.6 is 11.3 Å². The molecule has 1 aromatic heterocycles. The first-order chi connectivity index (χ1) is 6.30. The van der Waals surface area contributed by atoms with Crippen molar-refractivity contribution < 1.29 is 4.74 Å². The quantitative estimate of drug-likeness (QED) is 0.801. The van der Waals surface area contributed by atoms with E-state index >= 15 is 0 Å². The van der Waals surface area contributed by atoms with E-state index in [-0.39, 0.29) is 5.41 Å². The van der Waals surface area contributed by atoms with Gasteiger partial charge in [-0.15, -0.1) is 0 Å². The lowest BCUT2D eigenvalue weighted by molar-refractivity contribution is 0.258. The second-order valence-electron chi connectivity index (χ2n) is 3.53. The number of nitrogens with zero attached hydrogens (tertiary/aromatic N) is 1. The molecule has 0 atom stereocenters. The van der Waals surface area contributed by atoms with Crippen LogP contribution < -0.4 is 10.5 Å². The molecule has 1 heterocycles. The van der Waals surface area contributed by atoms with Crippen molar-refractivity contribution in [3.05, 3.63) is 11.1 Å². The fourth-order valence-corrected chi connectivity index (χ4v) is 2.74. The number of aromatic nitrogens is 1. The van der Waals surface area contributed by atoms with Crippen LogP contribution in [0.25, 0.3) is 0 Å². The van der Waals surface area contributed by atoms with Crippen LogP contribution in [-0.4, -0.2) is 18.6 Å². The molecule has 3 nitrogen and oxygen atoms in total. The van der Waals surface area contributed by atoms with Crippen molar-refractivity contribution in [3.8, 4) is 5.19 Å². The summed E-state index contributed by atoms with van der Waals surface area (Å²) in [6.07, 6.45) is 5.61. The molecule has 0 unspecified atom stereocenters. The first kappa shape index (κ1) is 8.97. The summed E-state index contributed by atoms with van der Waals surface area (Å²) in [4.78, 5) is 5.46. The summed E-state index contributed by atoms with van der Waals surface area (Å²) in [5, 5.41) is 0.745. The van der Waals surface area contributed by atoms with Crippen LogP contribution in [0.15, 0.2) is 6.20 Å². The summed E-state index contributed by atoms with van der Waals surface area (Å²) >= 11 is 1.63. The Morgan fingerprint density at radius 3 is 2.85 bits per heavy atom. The average molecular weight is 198 g/mol. The molecule has 0 amide bonds. The van der Waals surface area contributed by atoms with Gasteiger partial charge in [-0.3, -0.25) is 0 Å². The Morgan fingerprint density at radius 2 is 2.46 bits per heavy atom. The highest BCUT2D eigenvalue weighted by Crippen LogP contribution is 2.45. The Morgan fingerprint density at radius 1 is 1.69 bits per heavy atom. The highest BCUT2D eigenvalue weighted by molar-refractivity contribution is 7.13. The molecule has 1 aromatic rings. The molecule has 2 rings (SSSR count). The van der Waals surface area contributed by atoms with E-state index in [1.54, 1.807) is 18.4 Å². The summed E-state index contributed by atoms with van der Waals surface area (Å²) in [7, 11) is 1.65. The van der Waals surface area contributed by atoms with Gasteiger partial charge in [0, 0.05) is 23.0 Å². The van der Waals surface area contributed by atoms with Gasteiger partial charge in [-0.25, -0.2) is 4.98 Å². The first-order valence-electron chi connectivity index (χ1n) is 4.51. The van der Waals surface area contributed by atoms with Gasteiger partial charge < -0.3 is 10.5 Å². The third kappa shape index (κ3) is 1.34. The molecular weight excluding hydrogens is 184 g/mol. The third-order valence-corrected chi connectivity index (χ3v) is 4.09. The van der Waals surface area contributed by atoms with Crippen LogP contribution in [0.1, 0.15) is 24.1 Å². The van der Waals surface area contributed by atoms with Gasteiger partial charge >= 0.3 is 0 Å². The van der Waals surface area contributed by atoms with Gasteiger partial charge in [0.15, 0.2) is 0 Å². The Hall–Kier alpha value is -0.610. The standard InChI is InChI=1S/C9H14N2OS/c1-12-8-11-5-7(13-8)9(6-10)3-2-4-9/h5H,2-4,6,10H2,1H3. The van der Waals surface area contributed by atoms with Crippen molar-refractivity contribution >= 4 is 11.3 Å². The lowest BCUT2D eigenvalue weighted by Crippen LogP contribution is -2.40. The fraction of sp³-hybridized carbons (Fsp3) is 0.667. The van der Waals surface area contributed by atoms with Crippen LogP contribution in [0.2, 0.25) is 0 Å². The average Bonchev–Trinajstić information content (AvgIpc) is 2.52. The van der Waals surface area contributed by atoms with Gasteiger partial charge in [0.25, 0.3) is 5.19 Å². The molecule has 13 heavy (non-hydrogen) atoms. The molecule has 0 bridgehead atoms. The van der Waals surface area contributed by atoms with Gasteiger partial charge in [0.1, 0.15) is 0 Å². The summed E-state index contributed by atoms with van der Waals surface area (Å²) < 4.78 is 5.07. The van der Waals surface area contributed by atoms with Gasteiger partial charge in [0.2, 0.25) is 0 Å². The van der Waals surface area contributed by atoms with Crippen LogP contribution in [0.3, 0.4) is 0 Å². The van der Waals surface area contributed by atoms with Crippen LogP contribution in [0.4, 0.5) is 0 Å². The van der Waals surface area contributed by atoms with Crippen LogP contribution in [-0.2, 0) is 5.41 Å². The molecule has 72 valence electrons. The van der Waals surface area contributed by atoms with Crippen molar-refractivity contribution in [1.29, 1.82) is 0 Å². The Balaban J connectivity index is 2.23. The van der Waals surface area contributed by atoms with E-state index in [0.29, 0.717) is 0 Å². The minimum absolute atomic E-state index is 0.231. The van der Waals surface area contributed by atoms with Crippen molar-refractivity contribution in [2.24, 2.45) is 5.73 Å². The zero-order valence-electron chi connectivity index (χ0n) is 7.75. The zero-order valence-corrected chi connectivity index (χ0v) is 8.56. The van der Waals surface area contributed by atoms with Crippen LogP contribution in [0.5, 0.6) is 5.19 Å². The largest absolute Gasteiger partial charge is 0.473 e. The van der Waals surface area contributed by atoms with E-state index in [2.05, 4.69) is 4.98 Å². The molecule has 0 saturated heterocycles. The predicted octanol–water partition coefficient (Wildman–Crippen LogP) is 1.53. The number of hydrogen-bond donors (Lipinski definition) is 1. The molecule has 4 heteroatoms. The molecule has 1 aliphatic carbocycles. The topological polar surface area (TPSA) is 48.1 Å². The summed E-state index contributed by atoms with van der Waals surface area (Å²) in [6.45, 7) is 0.734. The highest BCUT2D eigenvalue weighted by Gasteiger charge is 2.39. The number of hydrogen-bond acceptors (Lipinski definition) is 4. The maximum Gasteiger partial charge on any atom is 0.273 e. The van der Waals surface area contributed by atoms with Crippen molar-refractivity contribution in [1.82, 2.24) is 4.98 Å². The van der Waals surface area contributed by atoms with E-state index < -0.39 is 0 Å². The number of ether oxygens (including phenoxy) is 1. The minimum Gasteiger partial charge on any atom is -0.473 e. The maximum absolute atomic E-state index is 5.79. The van der Waals surface area contributed by atoms with Crippen LogP contribution in [0, 0.1) is 0 Å². The Bertz CT molecular complexity index is 288. The summed E-state index contributed by atoms with van der Waals surface area (Å²) in [6, 6.07) is 0. The van der Waals surface area contributed by atoms with E-state index in [0.717, 1.165) is 11.7 Å². The van der Waals surface area contributed by atoms with E-state index in [4.69, 9.17) is 10.5 Å². The smallest absolute Gasteiger partial charge is 0.273 e. The monoisotopic (exact) mass is 198 g/mol. The molecule has 1 fully saturated rings. The number of nitrogens with two attached hydrogens (primary N) is 1. The van der Waals surface area contributed by atoms with E-state index in [9.17, 15) is 0 Å². The number of thiazole rings is 1. The molecule has 0 aliphatic heterocycles. The van der Waals surface area contributed by atoms with E-state index in [1.807, 2.05) is 6.20 Å². The van der Waals surface area contributed by atoms with E-state index in [1.165, 1.54) is 24.1 Å². The van der Waals surface area contributed by atoms with Gasteiger partial charge in [0.05, 0.1) is 7.11 Å². The fourth-order valence-electron chi connectivity index (χ4n) is 1.75. The zero-order chi connectivity index (χ0) is 9.31. The molecule has 1 saturated carbocycles. The first-order valence-corrected chi connectivity index (χ1v) is 5.33. The molecule has 1 aliphatic rings. The van der Waals surface area contributed by atoms with Crippen molar-refractivity contribution in [2.75, 3.05) is 13.7 Å². The molecule has 0 spiro atoms. The second-order valence-corrected chi connectivity index (χ2v) is 4.53.